The molecule has 0 radical (unpaired) electrons. The number of hydrogen-bond acceptors (Lipinski definition) is 5. The Bertz CT molecular complexity index is 728. The molecule has 1 saturated heterocycles. The summed E-state index contributed by atoms with van der Waals surface area (Å²) in [5.74, 6) is 0.249. The van der Waals surface area contributed by atoms with Gasteiger partial charge in [0.2, 0.25) is 5.91 Å². The Morgan fingerprint density at radius 1 is 1.24 bits per heavy atom. The maximum Gasteiger partial charge on any atom is 0.222 e. The van der Waals surface area contributed by atoms with Gasteiger partial charge in [-0.15, -0.1) is 0 Å². The third kappa shape index (κ3) is 4.25. The van der Waals surface area contributed by atoms with Crippen LogP contribution in [-0.4, -0.2) is 45.7 Å². The number of nitrogens with zero attached hydrogens (tertiary/aromatic N) is 4. The second-order valence-corrected chi connectivity index (χ2v) is 6.93. The van der Waals surface area contributed by atoms with Crippen molar-refractivity contribution in [1.82, 2.24) is 20.1 Å². The molecule has 2 heterocycles. The number of hydrogen-bond donors (Lipinski definition) is 0. The summed E-state index contributed by atoms with van der Waals surface area (Å²) in [5.41, 5.74) is 4.17. The average Bonchev–Trinajstić information content (AvgIpc) is 2.90. The van der Waals surface area contributed by atoms with Gasteiger partial charge in [0.05, 0.1) is 0 Å². The predicted octanol–water partition coefficient (Wildman–Crippen LogP) is 2.70. The van der Waals surface area contributed by atoms with Crippen molar-refractivity contribution in [3.05, 3.63) is 46.8 Å². The van der Waals surface area contributed by atoms with E-state index in [4.69, 9.17) is 4.63 Å². The molecule has 2 aromatic rings. The van der Waals surface area contributed by atoms with Crippen LogP contribution in [0.5, 0.6) is 0 Å². The lowest BCUT2D eigenvalue weighted by molar-refractivity contribution is -0.131. The van der Waals surface area contributed by atoms with Gasteiger partial charge < -0.3 is 4.90 Å². The van der Waals surface area contributed by atoms with Crippen LogP contribution in [0.15, 0.2) is 28.9 Å². The highest BCUT2D eigenvalue weighted by atomic mass is 16.6. The van der Waals surface area contributed by atoms with E-state index < -0.39 is 0 Å². The summed E-state index contributed by atoms with van der Waals surface area (Å²) in [6.07, 6.45) is 2.44. The first-order chi connectivity index (χ1) is 12.0. The van der Waals surface area contributed by atoms with Gasteiger partial charge in [-0.25, -0.2) is 4.63 Å². The summed E-state index contributed by atoms with van der Waals surface area (Å²) in [4.78, 5) is 16.8. The van der Waals surface area contributed by atoms with Gasteiger partial charge in [-0.2, -0.15) is 0 Å². The van der Waals surface area contributed by atoms with E-state index in [0.717, 1.165) is 30.8 Å². The van der Waals surface area contributed by atoms with Gasteiger partial charge in [0.25, 0.3) is 0 Å². The van der Waals surface area contributed by atoms with Crippen molar-refractivity contribution < 1.29 is 9.42 Å². The molecule has 3 rings (SSSR count). The van der Waals surface area contributed by atoms with Gasteiger partial charge >= 0.3 is 0 Å². The Kier molecular flexibility index (Phi) is 5.48. The van der Waals surface area contributed by atoms with Crippen LogP contribution in [-0.2, 0) is 17.9 Å². The molecule has 1 aliphatic rings. The maximum absolute atomic E-state index is 12.5. The summed E-state index contributed by atoms with van der Waals surface area (Å²) >= 11 is 0. The van der Waals surface area contributed by atoms with Crippen LogP contribution in [0, 0.1) is 13.8 Å². The number of aryl methyl sites for hydroxylation is 2. The van der Waals surface area contributed by atoms with Crippen LogP contribution >= 0.6 is 0 Å². The molecule has 1 aromatic heterocycles. The lowest BCUT2D eigenvalue weighted by Crippen LogP contribution is -2.33. The standard InChI is InChI=1S/C19H26N4O2/c1-14-6-4-5-7-16(14)12-23-11-10-17(8-9-19(23)24)22(3)13-18-15(2)20-25-21-18/h4-7,17H,8-13H2,1-3H3. The van der Waals surface area contributed by atoms with Crippen molar-refractivity contribution in [2.24, 2.45) is 0 Å². The van der Waals surface area contributed by atoms with Gasteiger partial charge in [-0.3, -0.25) is 9.69 Å². The monoisotopic (exact) mass is 342 g/mol. The lowest BCUT2D eigenvalue weighted by atomic mass is 10.1. The highest BCUT2D eigenvalue weighted by Gasteiger charge is 2.26. The zero-order valence-electron chi connectivity index (χ0n) is 15.2. The van der Waals surface area contributed by atoms with Crippen LogP contribution < -0.4 is 0 Å². The summed E-state index contributed by atoms with van der Waals surface area (Å²) in [6, 6.07) is 8.64. The molecule has 1 unspecified atom stereocenters. The molecule has 1 amide bonds. The number of carbonyl (C=O) groups excluding carboxylic acids is 1. The topological polar surface area (TPSA) is 62.5 Å². The fourth-order valence-electron chi connectivity index (χ4n) is 3.38. The molecule has 0 N–H and O–H groups in total. The molecule has 0 aliphatic carbocycles. The average molecular weight is 342 g/mol. The minimum atomic E-state index is 0.249. The third-order valence-electron chi connectivity index (χ3n) is 5.17. The van der Waals surface area contributed by atoms with Crippen molar-refractivity contribution in [1.29, 1.82) is 0 Å². The van der Waals surface area contributed by atoms with E-state index in [2.05, 4.69) is 41.3 Å². The highest BCUT2D eigenvalue weighted by molar-refractivity contribution is 5.76. The minimum Gasteiger partial charge on any atom is -0.338 e. The molecule has 1 atom stereocenters. The van der Waals surface area contributed by atoms with Gasteiger partial charge in [-0.05, 0) is 44.9 Å². The summed E-state index contributed by atoms with van der Waals surface area (Å²) in [6.45, 7) is 6.20. The fourth-order valence-corrected chi connectivity index (χ4v) is 3.38. The predicted molar refractivity (Wildman–Crippen MR) is 94.7 cm³/mol. The van der Waals surface area contributed by atoms with Gasteiger partial charge in [0, 0.05) is 32.1 Å². The SMILES string of the molecule is Cc1ccccc1CN1CCC(N(C)Cc2nonc2C)CCC1=O. The van der Waals surface area contributed by atoms with E-state index >= 15 is 0 Å². The van der Waals surface area contributed by atoms with Crippen LogP contribution in [0.1, 0.15) is 41.8 Å². The van der Waals surface area contributed by atoms with E-state index in [1.165, 1.54) is 11.1 Å². The molecular formula is C19H26N4O2. The number of carbonyl (C=O) groups is 1. The molecular weight excluding hydrogens is 316 g/mol. The fraction of sp³-hybridized carbons (Fsp3) is 0.526. The Labute approximate surface area is 148 Å². The Hall–Kier alpha value is -2.21. The summed E-state index contributed by atoms with van der Waals surface area (Å²) < 4.78 is 4.78. The number of rotatable bonds is 5. The molecule has 134 valence electrons. The second kappa shape index (κ2) is 7.78. The van der Waals surface area contributed by atoms with Crippen molar-refractivity contribution >= 4 is 5.91 Å². The molecule has 1 aromatic carbocycles. The van der Waals surface area contributed by atoms with E-state index in [-0.39, 0.29) is 5.91 Å². The summed E-state index contributed by atoms with van der Waals surface area (Å²) in [5, 5.41) is 7.80. The first kappa shape index (κ1) is 17.6. The zero-order chi connectivity index (χ0) is 17.8. The van der Waals surface area contributed by atoms with Crippen molar-refractivity contribution in [2.45, 2.75) is 52.2 Å². The molecule has 0 spiro atoms. The lowest BCUT2D eigenvalue weighted by Gasteiger charge is -2.26. The quantitative estimate of drug-likeness (QED) is 0.836. The molecule has 0 bridgehead atoms. The van der Waals surface area contributed by atoms with Crippen LogP contribution in [0.25, 0.3) is 0 Å². The molecule has 1 aliphatic heterocycles. The van der Waals surface area contributed by atoms with Gasteiger partial charge in [-0.1, -0.05) is 34.6 Å². The third-order valence-corrected chi connectivity index (χ3v) is 5.17. The first-order valence-electron chi connectivity index (χ1n) is 8.85. The number of likely N-dealkylation sites (tertiary alicyclic amines) is 1. The highest BCUT2D eigenvalue weighted by Crippen LogP contribution is 2.21. The Balaban J connectivity index is 1.61. The number of amides is 1. The van der Waals surface area contributed by atoms with Crippen LogP contribution in [0.4, 0.5) is 0 Å². The smallest absolute Gasteiger partial charge is 0.222 e. The summed E-state index contributed by atoms with van der Waals surface area (Å²) in [7, 11) is 2.08. The number of aromatic nitrogens is 2. The first-order valence-corrected chi connectivity index (χ1v) is 8.85. The largest absolute Gasteiger partial charge is 0.338 e. The molecule has 6 nitrogen and oxygen atoms in total. The maximum atomic E-state index is 12.5. The Morgan fingerprint density at radius 3 is 2.76 bits per heavy atom. The second-order valence-electron chi connectivity index (χ2n) is 6.93. The number of benzene rings is 1. The van der Waals surface area contributed by atoms with Crippen molar-refractivity contribution in [2.75, 3.05) is 13.6 Å². The Morgan fingerprint density at radius 2 is 2.04 bits per heavy atom. The van der Waals surface area contributed by atoms with E-state index in [1.807, 2.05) is 24.0 Å². The van der Waals surface area contributed by atoms with E-state index in [0.29, 0.717) is 25.6 Å². The normalized spacial score (nSPS) is 18.6. The van der Waals surface area contributed by atoms with Crippen LogP contribution in [0.2, 0.25) is 0 Å². The van der Waals surface area contributed by atoms with Crippen molar-refractivity contribution in [3.63, 3.8) is 0 Å². The van der Waals surface area contributed by atoms with Gasteiger partial charge in [0.1, 0.15) is 11.4 Å². The zero-order valence-corrected chi connectivity index (χ0v) is 15.2. The molecule has 0 saturated carbocycles. The van der Waals surface area contributed by atoms with Gasteiger partial charge in [0.15, 0.2) is 0 Å². The molecule has 1 fully saturated rings. The molecule has 25 heavy (non-hydrogen) atoms. The molecule has 6 heteroatoms. The van der Waals surface area contributed by atoms with Crippen LogP contribution in [0.3, 0.4) is 0 Å². The van der Waals surface area contributed by atoms with E-state index in [9.17, 15) is 4.79 Å². The van der Waals surface area contributed by atoms with E-state index in [1.54, 1.807) is 0 Å². The van der Waals surface area contributed by atoms with Crippen molar-refractivity contribution in [3.8, 4) is 0 Å². The minimum absolute atomic E-state index is 0.249.